The molecule has 1 heterocycles. The van der Waals surface area contributed by atoms with Gasteiger partial charge in [-0.1, -0.05) is 36.4 Å². The van der Waals surface area contributed by atoms with Gasteiger partial charge < -0.3 is 4.90 Å². The minimum absolute atomic E-state index is 0.0734. The molecule has 0 unspecified atom stereocenters. The van der Waals surface area contributed by atoms with Gasteiger partial charge in [-0.25, -0.2) is 0 Å². The van der Waals surface area contributed by atoms with Gasteiger partial charge in [0.2, 0.25) is 10.6 Å². The number of anilines is 3. The highest BCUT2D eigenvalue weighted by Crippen LogP contribution is 2.34. The van der Waals surface area contributed by atoms with Crippen LogP contribution in [0.1, 0.15) is 0 Å². The molecular weight excluding hydrogens is 379 g/mol. The fourth-order valence-electron chi connectivity index (χ4n) is 2.82. The minimum atomic E-state index is 0.0734. The summed E-state index contributed by atoms with van der Waals surface area (Å²) in [4.78, 5) is 14.2. The van der Waals surface area contributed by atoms with Crippen LogP contribution in [0.25, 0.3) is 11.4 Å². The molecule has 0 bridgehead atoms. The van der Waals surface area contributed by atoms with E-state index in [1.165, 1.54) is 0 Å². The van der Waals surface area contributed by atoms with Crippen LogP contribution in [0.5, 0.6) is 0 Å². The number of para-hydroxylation sites is 2. The number of rotatable bonds is 4. The van der Waals surface area contributed by atoms with Gasteiger partial charge in [-0.3, -0.25) is 0 Å². The highest BCUT2D eigenvalue weighted by atomic mass is 35.5. The van der Waals surface area contributed by atoms with Crippen molar-refractivity contribution in [3.05, 3.63) is 95.5 Å². The standard InChI is InChI=1S/C21H14Cl2N4/c22-20-24-19(25-21(23)26-20)15-11-13-18(14-12-15)27(16-7-3-1-4-8-16)17-9-5-2-6-10-17/h1-14H. The molecule has 4 aromatic rings. The van der Waals surface area contributed by atoms with E-state index in [1.54, 1.807) is 0 Å². The molecule has 6 heteroatoms. The molecule has 1 aromatic heterocycles. The average molecular weight is 393 g/mol. The average Bonchev–Trinajstić information content (AvgIpc) is 2.70. The summed E-state index contributed by atoms with van der Waals surface area (Å²) >= 11 is 11.8. The summed E-state index contributed by atoms with van der Waals surface area (Å²) in [5.41, 5.74) is 3.97. The summed E-state index contributed by atoms with van der Waals surface area (Å²) < 4.78 is 0. The molecule has 0 aliphatic heterocycles. The Bertz CT molecular complexity index is 979. The maximum absolute atomic E-state index is 5.89. The first kappa shape index (κ1) is 17.5. The van der Waals surface area contributed by atoms with E-state index < -0.39 is 0 Å². The molecule has 132 valence electrons. The summed E-state index contributed by atoms with van der Waals surface area (Å²) in [5.74, 6) is 0.442. The Hall–Kier alpha value is -2.95. The highest BCUT2D eigenvalue weighted by Gasteiger charge is 2.13. The second kappa shape index (κ2) is 7.74. The maximum atomic E-state index is 5.89. The monoisotopic (exact) mass is 392 g/mol. The first-order valence-corrected chi connectivity index (χ1v) is 9.04. The third kappa shape index (κ3) is 3.92. The first-order chi connectivity index (χ1) is 13.2. The summed E-state index contributed by atoms with van der Waals surface area (Å²) in [7, 11) is 0. The number of aromatic nitrogens is 3. The molecule has 4 rings (SSSR count). The van der Waals surface area contributed by atoms with E-state index >= 15 is 0 Å². The predicted molar refractivity (Wildman–Crippen MR) is 110 cm³/mol. The third-order valence-electron chi connectivity index (χ3n) is 3.99. The Morgan fingerprint density at radius 3 is 1.44 bits per heavy atom. The lowest BCUT2D eigenvalue weighted by Gasteiger charge is -2.25. The lowest BCUT2D eigenvalue weighted by molar-refractivity contribution is 1.06. The van der Waals surface area contributed by atoms with Gasteiger partial charge in [0.25, 0.3) is 0 Å². The number of nitrogens with zero attached hydrogens (tertiary/aromatic N) is 4. The zero-order valence-corrected chi connectivity index (χ0v) is 15.6. The lowest BCUT2D eigenvalue weighted by atomic mass is 10.1. The van der Waals surface area contributed by atoms with Crippen LogP contribution >= 0.6 is 23.2 Å². The van der Waals surface area contributed by atoms with Crippen molar-refractivity contribution in [2.45, 2.75) is 0 Å². The molecule has 0 saturated carbocycles. The molecule has 3 aromatic carbocycles. The Labute approximate surface area is 167 Å². The molecule has 0 radical (unpaired) electrons. The zero-order chi connectivity index (χ0) is 18.6. The van der Waals surface area contributed by atoms with Crippen LogP contribution in [0.3, 0.4) is 0 Å². The van der Waals surface area contributed by atoms with E-state index in [0.717, 1.165) is 22.6 Å². The number of halogens is 2. The van der Waals surface area contributed by atoms with Gasteiger partial charge in [-0.05, 0) is 71.7 Å². The second-order valence-corrected chi connectivity index (χ2v) is 6.43. The summed E-state index contributed by atoms with van der Waals surface area (Å²) in [6.45, 7) is 0. The van der Waals surface area contributed by atoms with Crippen molar-refractivity contribution in [3.63, 3.8) is 0 Å². The first-order valence-electron chi connectivity index (χ1n) is 8.28. The molecule has 0 aliphatic carbocycles. The SMILES string of the molecule is Clc1nc(Cl)nc(-c2ccc(N(c3ccccc3)c3ccccc3)cc2)n1. The van der Waals surface area contributed by atoms with Crippen molar-refractivity contribution in [1.29, 1.82) is 0 Å². The number of benzene rings is 3. The van der Waals surface area contributed by atoms with Crippen LogP contribution < -0.4 is 4.90 Å². The Kier molecular flexibility index (Phi) is 5.01. The van der Waals surface area contributed by atoms with Gasteiger partial charge in [0, 0.05) is 22.6 Å². The highest BCUT2D eigenvalue weighted by molar-refractivity contribution is 6.31. The van der Waals surface area contributed by atoms with Gasteiger partial charge in [-0.2, -0.15) is 15.0 Å². The molecule has 0 saturated heterocycles. The van der Waals surface area contributed by atoms with Crippen LogP contribution in [-0.4, -0.2) is 15.0 Å². The van der Waals surface area contributed by atoms with E-state index in [9.17, 15) is 0 Å². The molecule has 0 N–H and O–H groups in total. The van der Waals surface area contributed by atoms with Gasteiger partial charge in [0.15, 0.2) is 5.82 Å². The normalized spacial score (nSPS) is 10.6. The fourth-order valence-corrected chi connectivity index (χ4v) is 3.18. The molecule has 0 aliphatic rings. The summed E-state index contributed by atoms with van der Waals surface area (Å²) in [5, 5.41) is 0.147. The third-order valence-corrected chi connectivity index (χ3v) is 4.33. The smallest absolute Gasteiger partial charge is 0.227 e. The minimum Gasteiger partial charge on any atom is -0.311 e. The second-order valence-electron chi connectivity index (χ2n) is 5.75. The van der Waals surface area contributed by atoms with Crippen molar-refractivity contribution in [2.24, 2.45) is 0 Å². The topological polar surface area (TPSA) is 41.9 Å². The van der Waals surface area contributed by atoms with Crippen molar-refractivity contribution in [1.82, 2.24) is 15.0 Å². The van der Waals surface area contributed by atoms with E-state index in [1.807, 2.05) is 60.7 Å². The zero-order valence-electron chi connectivity index (χ0n) is 14.1. The van der Waals surface area contributed by atoms with Crippen molar-refractivity contribution < 1.29 is 0 Å². The van der Waals surface area contributed by atoms with Gasteiger partial charge in [-0.15, -0.1) is 0 Å². The van der Waals surface area contributed by atoms with Crippen molar-refractivity contribution in [3.8, 4) is 11.4 Å². The molecule has 4 nitrogen and oxygen atoms in total. The fraction of sp³-hybridized carbons (Fsp3) is 0. The van der Waals surface area contributed by atoms with Crippen LogP contribution in [0.15, 0.2) is 84.9 Å². The number of hydrogen-bond acceptors (Lipinski definition) is 4. The summed E-state index contributed by atoms with van der Waals surface area (Å²) in [6.07, 6.45) is 0. The van der Waals surface area contributed by atoms with E-state index in [2.05, 4.69) is 44.1 Å². The van der Waals surface area contributed by atoms with Crippen LogP contribution in [0, 0.1) is 0 Å². The van der Waals surface area contributed by atoms with Crippen LogP contribution in [-0.2, 0) is 0 Å². The van der Waals surface area contributed by atoms with Crippen molar-refractivity contribution in [2.75, 3.05) is 4.90 Å². The Balaban J connectivity index is 1.75. The van der Waals surface area contributed by atoms with E-state index in [0.29, 0.717) is 5.82 Å². The molecule has 0 fully saturated rings. The van der Waals surface area contributed by atoms with Gasteiger partial charge in [0.1, 0.15) is 0 Å². The maximum Gasteiger partial charge on any atom is 0.227 e. The summed E-state index contributed by atoms with van der Waals surface area (Å²) in [6, 6.07) is 28.3. The van der Waals surface area contributed by atoms with Crippen LogP contribution in [0.2, 0.25) is 10.6 Å². The Morgan fingerprint density at radius 2 is 0.963 bits per heavy atom. The predicted octanol–water partition coefficient (Wildman–Crippen LogP) is 6.32. The largest absolute Gasteiger partial charge is 0.311 e. The molecule has 0 atom stereocenters. The lowest BCUT2D eigenvalue weighted by Crippen LogP contribution is -2.09. The number of hydrogen-bond donors (Lipinski definition) is 0. The van der Waals surface area contributed by atoms with Gasteiger partial charge >= 0.3 is 0 Å². The van der Waals surface area contributed by atoms with Crippen LogP contribution in [0.4, 0.5) is 17.1 Å². The quantitative estimate of drug-likeness (QED) is 0.407. The van der Waals surface area contributed by atoms with Crippen molar-refractivity contribution >= 4 is 40.3 Å². The molecular formula is C21H14Cl2N4. The van der Waals surface area contributed by atoms with E-state index in [-0.39, 0.29) is 10.6 Å². The molecule has 0 amide bonds. The molecule has 0 spiro atoms. The Morgan fingerprint density at radius 1 is 0.519 bits per heavy atom. The van der Waals surface area contributed by atoms with Gasteiger partial charge in [0.05, 0.1) is 0 Å². The molecule has 27 heavy (non-hydrogen) atoms. The van der Waals surface area contributed by atoms with E-state index in [4.69, 9.17) is 23.2 Å².